The Morgan fingerprint density at radius 2 is 2.06 bits per heavy atom. The van der Waals surface area contributed by atoms with E-state index in [1.165, 1.54) is 0 Å². The zero-order valence-electron chi connectivity index (χ0n) is 9.52. The molecule has 1 saturated heterocycles. The van der Waals surface area contributed by atoms with Gasteiger partial charge >= 0.3 is 0 Å². The standard InChI is InChI=1S/C13H17NO2/c1-10-4-6-11(7-5-10)13(16)14-8-2-3-12(15)9-14/h4-7,12,15H,2-3,8-9H2,1H3/t12-/m0/s1. The maximum Gasteiger partial charge on any atom is 0.253 e. The number of piperidine rings is 1. The number of aliphatic hydroxyl groups is 1. The predicted octanol–water partition coefficient (Wildman–Crippen LogP) is 1.59. The van der Waals surface area contributed by atoms with Crippen LogP contribution in [0.3, 0.4) is 0 Å². The molecule has 1 aliphatic rings. The summed E-state index contributed by atoms with van der Waals surface area (Å²) < 4.78 is 0. The fraction of sp³-hybridized carbons (Fsp3) is 0.462. The highest BCUT2D eigenvalue weighted by atomic mass is 16.3. The molecule has 1 aliphatic heterocycles. The van der Waals surface area contributed by atoms with Crippen molar-refractivity contribution < 1.29 is 9.90 Å². The third kappa shape index (κ3) is 2.42. The van der Waals surface area contributed by atoms with E-state index in [-0.39, 0.29) is 12.0 Å². The molecule has 1 aromatic carbocycles. The maximum atomic E-state index is 12.1. The van der Waals surface area contributed by atoms with E-state index < -0.39 is 0 Å². The summed E-state index contributed by atoms with van der Waals surface area (Å²) in [5, 5.41) is 9.53. The van der Waals surface area contributed by atoms with E-state index in [0.29, 0.717) is 12.1 Å². The van der Waals surface area contributed by atoms with Gasteiger partial charge in [0, 0.05) is 18.7 Å². The molecule has 0 spiro atoms. The molecule has 16 heavy (non-hydrogen) atoms. The monoisotopic (exact) mass is 219 g/mol. The van der Waals surface area contributed by atoms with Crippen LogP contribution in [0.15, 0.2) is 24.3 Å². The smallest absolute Gasteiger partial charge is 0.253 e. The number of hydrogen-bond acceptors (Lipinski definition) is 2. The van der Waals surface area contributed by atoms with Gasteiger partial charge in [-0.05, 0) is 31.9 Å². The third-order valence-electron chi connectivity index (χ3n) is 2.98. The summed E-state index contributed by atoms with van der Waals surface area (Å²) in [5.41, 5.74) is 1.86. The average molecular weight is 219 g/mol. The van der Waals surface area contributed by atoms with Crippen molar-refractivity contribution in [2.24, 2.45) is 0 Å². The first-order chi connectivity index (χ1) is 7.66. The highest BCUT2D eigenvalue weighted by Crippen LogP contribution is 2.14. The molecule has 2 rings (SSSR count). The van der Waals surface area contributed by atoms with E-state index >= 15 is 0 Å². The Labute approximate surface area is 95.7 Å². The summed E-state index contributed by atoms with van der Waals surface area (Å²) in [6, 6.07) is 7.57. The molecule has 0 aromatic heterocycles. The summed E-state index contributed by atoms with van der Waals surface area (Å²) in [5.74, 6) is 0.0266. The molecule has 0 unspecified atom stereocenters. The fourth-order valence-corrected chi connectivity index (χ4v) is 2.02. The molecule has 0 bridgehead atoms. The van der Waals surface area contributed by atoms with Crippen molar-refractivity contribution in [3.63, 3.8) is 0 Å². The van der Waals surface area contributed by atoms with E-state index in [0.717, 1.165) is 24.9 Å². The normalized spacial score (nSPS) is 20.9. The SMILES string of the molecule is Cc1ccc(C(=O)N2CCC[C@H](O)C2)cc1. The molecule has 1 aromatic rings. The van der Waals surface area contributed by atoms with Crippen molar-refractivity contribution in [1.29, 1.82) is 0 Å². The van der Waals surface area contributed by atoms with Gasteiger partial charge in [0.15, 0.2) is 0 Å². The number of nitrogens with zero attached hydrogens (tertiary/aromatic N) is 1. The first kappa shape index (κ1) is 11.1. The van der Waals surface area contributed by atoms with Gasteiger partial charge in [-0.25, -0.2) is 0 Å². The number of likely N-dealkylation sites (tertiary alicyclic amines) is 1. The minimum atomic E-state index is -0.358. The van der Waals surface area contributed by atoms with E-state index in [4.69, 9.17) is 0 Å². The van der Waals surface area contributed by atoms with Crippen LogP contribution < -0.4 is 0 Å². The molecule has 1 atom stereocenters. The molecular formula is C13H17NO2. The summed E-state index contributed by atoms with van der Waals surface area (Å²) in [4.78, 5) is 13.8. The Balaban J connectivity index is 2.09. The molecule has 0 saturated carbocycles. The van der Waals surface area contributed by atoms with Gasteiger partial charge in [0.2, 0.25) is 0 Å². The third-order valence-corrected chi connectivity index (χ3v) is 2.98. The van der Waals surface area contributed by atoms with Gasteiger partial charge in [-0.1, -0.05) is 17.7 Å². The Hall–Kier alpha value is -1.35. The Morgan fingerprint density at radius 3 is 2.69 bits per heavy atom. The minimum absolute atomic E-state index is 0.0266. The molecule has 1 N–H and O–H groups in total. The van der Waals surface area contributed by atoms with Gasteiger partial charge < -0.3 is 10.0 Å². The lowest BCUT2D eigenvalue weighted by Gasteiger charge is -2.30. The zero-order chi connectivity index (χ0) is 11.5. The first-order valence-electron chi connectivity index (χ1n) is 5.71. The number of rotatable bonds is 1. The van der Waals surface area contributed by atoms with Crippen LogP contribution in [0.5, 0.6) is 0 Å². The van der Waals surface area contributed by atoms with Crippen molar-refractivity contribution in [2.45, 2.75) is 25.9 Å². The molecule has 86 valence electrons. The van der Waals surface area contributed by atoms with E-state index in [9.17, 15) is 9.90 Å². The highest BCUT2D eigenvalue weighted by Gasteiger charge is 2.22. The Kier molecular flexibility index (Phi) is 3.25. The second-order valence-electron chi connectivity index (χ2n) is 4.41. The molecule has 1 amide bonds. The summed E-state index contributed by atoms with van der Waals surface area (Å²) in [6.07, 6.45) is 1.33. The van der Waals surface area contributed by atoms with E-state index in [1.807, 2.05) is 31.2 Å². The maximum absolute atomic E-state index is 12.1. The van der Waals surface area contributed by atoms with Crippen LogP contribution in [0.1, 0.15) is 28.8 Å². The van der Waals surface area contributed by atoms with Crippen LogP contribution in [0.4, 0.5) is 0 Å². The average Bonchev–Trinajstić information content (AvgIpc) is 2.29. The number of benzene rings is 1. The quantitative estimate of drug-likeness (QED) is 0.779. The van der Waals surface area contributed by atoms with Crippen LogP contribution in [0.25, 0.3) is 0 Å². The van der Waals surface area contributed by atoms with Crippen LogP contribution >= 0.6 is 0 Å². The summed E-state index contributed by atoms with van der Waals surface area (Å²) in [6.45, 7) is 3.22. The molecule has 1 fully saturated rings. The van der Waals surface area contributed by atoms with Crippen molar-refractivity contribution in [3.8, 4) is 0 Å². The van der Waals surface area contributed by atoms with Gasteiger partial charge in [0.1, 0.15) is 0 Å². The first-order valence-corrected chi connectivity index (χ1v) is 5.71. The number of aliphatic hydroxyl groups excluding tert-OH is 1. The van der Waals surface area contributed by atoms with Gasteiger partial charge in [-0.2, -0.15) is 0 Å². The van der Waals surface area contributed by atoms with Crippen molar-refractivity contribution in [1.82, 2.24) is 4.90 Å². The lowest BCUT2D eigenvalue weighted by atomic mass is 10.1. The lowest BCUT2D eigenvalue weighted by molar-refractivity contribution is 0.0474. The van der Waals surface area contributed by atoms with E-state index in [1.54, 1.807) is 4.90 Å². The van der Waals surface area contributed by atoms with Gasteiger partial charge in [0.25, 0.3) is 5.91 Å². The topological polar surface area (TPSA) is 40.5 Å². The number of hydrogen-bond donors (Lipinski definition) is 1. The van der Waals surface area contributed by atoms with Crippen molar-refractivity contribution in [2.75, 3.05) is 13.1 Å². The van der Waals surface area contributed by atoms with Crippen LogP contribution in [0, 0.1) is 6.92 Å². The molecule has 0 radical (unpaired) electrons. The molecule has 1 heterocycles. The number of β-amino-alcohol motifs (C(OH)–C–C–N with tert-alkyl or cyclic N) is 1. The number of carbonyl (C=O) groups is 1. The summed E-state index contributed by atoms with van der Waals surface area (Å²) in [7, 11) is 0. The minimum Gasteiger partial charge on any atom is -0.391 e. The van der Waals surface area contributed by atoms with Gasteiger partial charge in [-0.3, -0.25) is 4.79 Å². The van der Waals surface area contributed by atoms with Crippen molar-refractivity contribution in [3.05, 3.63) is 35.4 Å². The summed E-state index contributed by atoms with van der Waals surface area (Å²) >= 11 is 0. The molecule has 3 heteroatoms. The second kappa shape index (κ2) is 4.66. The molecule has 0 aliphatic carbocycles. The predicted molar refractivity (Wildman–Crippen MR) is 62.3 cm³/mol. The number of carbonyl (C=O) groups excluding carboxylic acids is 1. The van der Waals surface area contributed by atoms with Crippen LogP contribution in [0.2, 0.25) is 0 Å². The van der Waals surface area contributed by atoms with Gasteiger partial charge in [-0.15, -0.1) is 0 Å². The number of aryl methyl sites for hydroxylation is 1. The largest absolute Gasteiger partial charge is 0.391 e. The highest BCUT2D eigenvalue weighted by molar-refractivity contribution is 5.94. The molecular weight excluding hydrogens is 202 g/mol. The zero-order valence-corrected chi connectivity index (χ0v) is 9.52. The Bertz CT molecular complexity index is 372. The Morgan fingerprint density at radius 1 is 1.38 bits per heavy atom. The lowest BCUT2D eigenvalue weighted by Crippen LogP contribution is -2.42. The van der Waals surface area contributed by atoms with Gasteiger partial charge in [0.05, 0.1) is 6.10 Å². The van der Waals surface area contributed by atoms with E-state index in [2.05, 4.69) is 0 Å². The van der Waals surface area contributed by atoms with Crippen LogP contribution in [-0.4, -0.2) is 35.1 Å². The van der Waals surface area contributed by atoms with Crippen LogP contribution in [-0.2, 0) is 0 Å². The molecule has 3 nitrogen and oxygen atoms in total. The fourth-order valence-electron chi connectivity index (χ4n) is 2.02. The van der Waals surface area contributed by atoms with Crippen molar-refractivity contribution >= 4 is 5.91 Å². The number of amides is 1. The second-order valence-corrected chi connectivity index (χ2v) is 4.41.